The number of hydrogen-bond acceptors (Lipinski definition) is 6. The molecule has 6 nitrogen and oxygen atoms in total. The Morgan fingerprint density at radius 2 is 1.85 bits per heavy atom. The van der Waals surface area contributed by atoms with E-state index in [1.807, 2.05) is 12.1 Å². The number of likely N-dealkylation sites (tertiary alicyclic amines) is 1. The Balaban J connectivity index is 1.52. The van der Waals surface area contributed by atoms with Crippen molar-refractivity contribution in [2.24, 2.45) is 5.92 Å². The Morgan fingerprint density at radius 1 is 1.15 bits per heavy atom. The van der Waals surface area contributed by atoms with Crippen molar-refractivity contribution in [1.29, 1.82) is 5.26 Å². The molecule has 0 radical (unpaired) electrons. The van der Waals surface area contributed by atoms with E-state index in [1.165, 1.54) is 0 Å². The predicted molar refractivity (Wildman–Crippen MR) is 100 cm³/mol. The number of piperidine rings is 1. The molecule has 2 rings (SSSR count). The highest BCUT2D eigenvalue weighted by Gasteiger charge is 2.18. The molecule has 1 heterocycles. The second-order valence-corrected chi connectivity index (χ2v) is 8.44. The molecule has 1 fully saturated rings. The summed E-state index contributed by atoms with van der Waals surface area (Å²) < 4.78 is 32.3. The highest BCUT2D eigenvalue weighted by Crippen LogP contribution is 2.22. The van der Waals surface area contributed by atoms with Gasteiger partial charge < -0.3 is 9.64 Å². The molecule has 1 aliphatic heterocycles. The van der Waals surface area contributed by atoms with Gasteiger partial charge in [0.15, 0.2) is 0 Å². The van der Waals surface area contributed by atoms with Crippen molar-refractivity contribution in [1.82, 2.24) is 4.90 Å². The molecular weight excluding hydrogens is 352 g/mol. The van der Waals surface area contributed by atoms with Crippen LogP contribution in [0.3, 0.4) is 0 Å². The molecule has 0 atom stereocenters. The summed E-state index contributed by atoms with van der Waals surface area (Å²) >= 11 is 0. The van der Waals surface area contributed by atoms with Crippen LogP contribution >= 0.6 is 0 Å². The second-order valence-electron chi connectivity index (χ2n) is 6.79. The standard InChI is InChI=1S/C19H28N2O4S/c1-26(22,23)25-15-2-4-17-9-12-21(13-10-17)11-3-14-24-19-7-5-18(16-20)6-8-19/h5-8,17H,2-4,9-15H2,1H3. The smallest absolute Gasteiger partial charge is 0.264 e. The van der Waals surface area contributed by atoms with Crippen LogP contribution in [0, 0.1) is 17.2 Å². The maximum absolute atomic E-state index is 10.9. The van der Waals surface area contributed by atoms with E-state index in [0.717, 1.165) is 63.7 Å². The van der Waals surface area contributed by atoms with E-state index in [2.05, 4.69) is 11.0 Å². The summed E-state index contributed by atoms with van der Waals surface area (Å²) in [5.74, 6) is 1.48. The molecule has 7 heteroatoms. The van der Waals surface area contributed by atoms with Gasteiger partial charge in [-0.05, 0) is 75.4 Å². The molecule has 1 saturated heterocycles. The molecule has 1 aromatic carbocycles. The maximum Gasteiger partial charge on any atom is 0.264 e. The van der Waals surface area contributed by atoms with E-state index < -0.39 is 10.1 Å². The quantitative estimate of drug-likeness (QED) is 0.459. The van der Waals surface area contributed by atoms with Gasteiger partial charge in [-0.25, -0.2) is 0 Å². The lowest BCUT2D eigenvalue weighted by Gasteiger charge is -2.31. The van der Waals surface area contributed by atoms with Crippen LogP contribution in [0.25, 0.3) is 0 Å². The van der Waals surface area contributed by atoms with Gasteiger partial charge in [0.25, 0.3) is 10.1 Å². The third kappa shape index (κ3) is 8.17. The zero-order valence-corrected chi connectivity index (χ0v) is 16.2. The molecule has 1 aromatic rings. The van der Waals surface area contributed by atoms with Crippen LogP contribution in [0.2, 0.25) is 0 Å². The molecular formula is C19H28N2O4S. The van der Waals surface area contributed by atoms with E-state index in [1.54, 1.807) is 12.1 Å². The van der Waals surface area contributed by atoms with Crippen molar-refractivity contribution in [2.45, 2.75) is 32.1 Å². The van der Waals surface area contributed by atoms with Gasteiger partial charge in [-0.3, -0.25) is 4.18 Å². The monoisotopic (exact) mass is 380 g/mol. The van der Waals surface area contributed by atoms with Gasteiger partial charge in [0, 0.05) is 6.54 Å². The van der Waals surface area contributed by atoms with Crippen molar-refractivity contribution in [3.05, 3.63) is 29.8 Å². The number of benzene rings is 1. The number of nitrogens with zero attached hydrogens (tertiary/aromatic N) is 2. The molecule has 0 aliphatic carbocycles. The van der Waals surface area contributed by atoms with Gasteiger partial charge in [0.1, 0.15) is 5.75 Å². The van der Waals surface area contributed by atoms with Crippen molar-refractivity contribution < 1.29 is 17.3 Å². The first kappa shape index (κ1) is 20.7. The van der Waals surface area contributed by atoms with Crippen molar-refractivity contribution >= 4 is 10.1 Å². The van der Waals surface area contributed by atoms with E-state index >= 15 is 0 Å². The van der Waals surface area contributed by atoms with Crippen molar-refractivity contribution in [3.8, 4) is 11.8 Å². The molecule has 144 valence electrons. The lowest BCUT2D eigenvalue weighted by molar-refractivity contribution is 0.162. The van der Waals surface area contributed by atoms with Crippen LogP contribution in [-0.4, -0.2) is 52.4 Å². The Hall–Kier alpha value is -1.62. The van der Waals surface area contributed by atoms with Crippen LogP contribution in [0.15, 0.2) is 24.3 Å². The summed E-state index contributed by atoms with van der Waals surface area (Å²) in [6.45, 7) is 4.18. The van der Waals surface area contributed by atoms with E-state index in [0.29, 0.717) is 24.7 Å². The number of rotatable bonds is 10. The van der Waals surface area contributed by atoms with Gasteiger partial charge in [-0.2, -0.15) is 13.7 Å². The van der Waals surface area contributed by atoms with E-state index in [-0.39, 0.29) is 0 Å². The van der Waals surface area contributed by atoms with Crippen LogP contribution in [-0.2, 0) is 14.3 Å². The minimum absolute atomic E-state index is 0.297. The van der Waals surface area contributed by atoms with Gasteiger partial charge >= 0.3 is 0 Å². The summed E-state index contributed by atoms with van der Waals surface area (Å²) in [7, 11) is -3.31. The van der Waals surface area contributed by atoms with E-state index in [4.69, 9.17) is 14.2 Å². The van der Waals surface area contributed by atoms with Crippen LogP contribution in [0.4, 0.5) is 0 Å². The van der Waals surface area contributed by atoms with Crippen molar-refractivity contribution in [3.63, 3.8) is 0 Å². The zero-order valence-electron chi connectivity index (χ0n) is 15.4. The largest absolute Gasteiger partial charge is 0.494 e. The fourth-order valence-corrected chi connectivity index (χ4v) is 3.61. The normalized spacial score (nSPS) is 16.3. The van der Waals surface area contributed by atoms with Gasteiger partial charge in [-0.15, -0.1) is 0 Å². The molecule has 0 bridgehead atoms. The van der Waals surface area contributed by atoms with Crippen LogP contribution < -0.4 is 4.74 Å². The zero-order chi connectivity index (χ0) is 18.8. The summed E-state index contributed by atoms with van der Waals surface area (Å²) in [6, 6.07) is 9.29. The molecule has 26 heavy (non-hydrogen) atoms. The maximum atomic E-state index is 10.9. The Morgan fingerprint density at radius 3 is 2.46 bits per heavy atom. The lowest BCUT2D eigenvalue weighted by atomic mass is 9.92. The lowest BCUT2D eigenvalue weighted by Crippen LogP contribution is -2.35. The molecule has 0 aromatic heterocycles. The first-order valence-electron chi connectivity index (χ1n) is 9.16. The molecule has 1 aliphatic rings. The second kappa shape index (κ2) is 10.5. The van der Waals surface area contributed by atoms with Gasteiger partial charge in [-0.1, -0.05) is 0 Å². The van der Waals surface area contributed by atoms with Crippen LogP contribution in [0.1, 0.15) is 37.7 Å². The first-order chi connectivity index (χ1) is 12.5. The predicted octanol–water partition coefficient (Wildman–Crippen LogP) is 2.80. The number of hydrogen-bond donors (Lipinski definition) is 0. The van der Waals surface area contributed by atoms with Gasteiger partial charge in [0.05, 0.1) is 31.1 Å². The highest BCUT2D eigenvalue weighted by atomic mass is 32.2. The molecule has 0 unspecified atom stereocenters. The average molecular weight is 381 g/mol. The SMILES string of the molecule is CS(=O)(=O)OCCCC1CCN(CCCOc2ccc(C#N)cc2)CC1. The molecule has 0 N–H and O–H groups in total. The summed E-state index contributed by atoms with van der Waals surface area (Å²) in [5, 5.41) is 8.77. The molecule has 0 amide bonds. The topological polar surface area (TPSA) is 79.6 Å². The van der Waals surface area contributed by atoms with Crippen LogP contribution in [0.5, 0.6) is 5.75 Å². The third-order valence-electron chi connectivity index (χ3n) is 4.63. The third-order valence-corrected chi connectivity index (χ3v) is 5.23. The number of nitriles is 1. The fraction of sp³-hybridized carbons (Fsp3) is 0.632. The van der Waals surface area contributed by atoms with Gasteiger partial charge in [0.2, 0.25) is 0 Å². The highest BCUT2D eigenvalue weighted by molar-refractivity contribution is 7.85. The minimum Gasteiger partial charge on any atom is -0.494 e. The number of ether oxygens (including phenoxy) is 1. The Kier molecular flexibility index (Phi) is 8.36. The first-order valence-corrected chi connectivity index (χ1v) is 11.0. The molecule has 0 spiro atoms. The molecule has 0 saturated carbocycles. The summed E-state index contributed by atoms with van der Waals surface area (Å²) in [6.07, 6.45) is 6.23. The summed E-state index contributed by atoms with van der Waals surface area (Å²) in [4.78, 5) is 2.46. The fourth-order valence-electron chi connectivity index (χ4n) is 3.18. The average Bonchev–Trinajstić information content (AvgIpc) is 2.63. The van der Waals surface area contributed by atoms with E-state index in [9.17, 15) is 8.42 Å². The minimum atomic E-state index is -3.31. The van der Waals surface area contributed by atoms with Crippen molar-refractivity contribution in [2.75, 3.05) is 39.1 Å². The Labute approximate surface area is 156 Å². The Bertz CT molecular complexity index is 674. The summed E-state index contributed by atoms with van der Waals surface area (Å²) in [5.41, 5.74) is 0.642.